The molecule has 10 heavy (non-hydrogen) atoms. The van der Waals surface area contributed by atoms with Gasteiger partial charge in [0.05, 0.1) is 4.90 Å². The van der Waals surface area contributed by atoms with Crippen LogP contribution in [0.15, 0.2) is 35.2 Å². The lowest BCUT2D eigenvalue weighted by Gasteiger charge is -1.93. The summed E-state index contributed by atoms with van der Waals surface area (Å²) in [7, 11) is 0. The van der Waals surface area contributed by atoms with Gasteiger partial charge in [0.25, 0.3) is 0 Å². The lowest BCUT2D eigenvalue weighted by molar-refractivity contribution is 0.614. The lowest BCUT2D eigenvalue weighted by atomic mass is 10.4. The Bertz CT molecular complexity index is 222. The minimum Gasteiger partial charge on any atom is -0.223 e. The van der Waals surface area contributed by atoms with Gasteiger partial charge in [-0.15, -0.1) is 0 Å². The molecule has 0 aliphatic rings. The van der Waals surface area contributed by atoms with Crippen molar-refractivity contribution in [2.24, 2.45) is 0 Å². The van der Waals surface area contributed by atoms with Gasteiger partial charge in [-0.05, 0) is 25.0 Å². The molecule has 0 amide bonds. The zero-order valence-corrected chi connectivity index (χ0v) is 6.77. The highest BCUT2D eigenvalue weighted by Crippen LogP contribution is 2.06. The summed E-state index contributed by atoms with van der Waals surface area (Å²) in [6.45, 7) is 0. The van der Waals surface area contributed by atoms with Crippen molar-refractivity contribution >= 4 is 24.0 Å². The van der Waals surface area contributed by atoms with Gasteiger partial charge in [0.15, 0.2) is 0 Å². The highest BCUT2D eigenvalue weighted by molar-refractivity contribution is 7.91. The Labute approximate surface area is 67.5 Å². The Morgan fingerprint density at radius 2 is 1.90 bits per heavy atom. The number of hydrogen-bond acceptors (Lipinski definition) is 3. The third-order valence-electron chi connectivity index (χ3n) is 1.00. The SMILES string of the molecule is O=S(OS)c1ccccc1. The fourth-order valence-corrected chi connectivity index (χ4v) is 1.30. The van der Waals surface area contributed by atoms with E-state index in [0.29, 0.717) is 4.90 Å². The summed E-state index contributed by atoms with van der Waals surface area (Å²) in [6, 6.07) is 8.86. The number of benzene rings is 1. The first kappa shape index (κ1) is 7.78. The molecule has 0 aromatic heterocycles. The van der Waals surface area contributed by atoms with Gasteiger partial charge in [0, 0.05) is 0 Å². The summed E-state index contributed by atoms with van der Waals surface area (Å²) >= 11 is 2.00. The van der Waals surface area contributed by atoms with Gasteiger partial charge in [0.2, 0.25) is 11.1 Å². The van der Waals surface area contributed by atoms with E-state index >= 15 is 0 Å². The van der Waals surface area contributed by atoms with E-state index in [9.17, 15) is 4.21 Å². The molecule has 54 valence electrons. The van der Waals surface area contributed by atoms with Gasteiger partial charge in [0.1, 0.15) is 0 Å². The van der Waals surface area contributed by atoms with E-state index < -0.39 is 11.1 Å². The first-order valence-electron chi connectivity index (χ1n) is 2.63. The van der Waals surface area contributed by atoms with E-state index in [1.807, 2.05) is 6.07 Å². The van der Waals surface area contributed by atoms with E-state index in [1.165, 1.54) is 0 Å². The Balaban J connectivity index is 2.85. The maximum atomic E-state index is 10.8. The first-order valence-corrected chi connectivity index (χ1v) is 4.07. The fraction of sp³-hybridized carbons (Fsp3) is 0. The highest BCUT2D eigenvalue weighted by Gasteiger charge is 1.98. The van der Waals surface area contributed by atoms with Crippen LogP contribution < -0.4 is 0 Å². The third-order valence-corrected chi connectivity index (χ3v) is 2.20. The molecule has 0 saturated heterocycles. The average molecular weight is 174 g/mol. The molecule has 0 N–H and O–H groups in total. The number of hydrogen-bond donors (Lipinski definition) is 1. The molecule has 0 saturated carbocycles. The van der Waals surface area contributed by atoms with Crippen LogP contribution in [0, 0.1) is 0 Å². The normalized spacial score (nSPS) is 12.9. The van der Waals surface area contributed by atoms with Gasteiger partial charge in [-0.25, -0.2) is 7.84 Å². The van der Waals surface area contributed by atoms with Crippen LogP contribution in [0.2, 0.25) is 0 Å². The highest BCUT2D eigenvalue weighted by atomic mass is 32.2. The van der Waals surface area contributed by atoms with Crippen molar-refractivity contribution in [2.45, 2.75) is 4.90 Å². The van der Waals surface area contributed by atoms with Crippen molar-refractivity contribution in [3.8, 4) is 0 Å². The molecular formula is C6H6O2S2. The molecule has 0 aliphatic carbocycles. The fourth-order valence-electron chi connectivity index (χ4n) is 0.575. The van der Waals surface area contributed by atoms with Gasteiger partial charge in [-0.2, -0.15) is 0 Å². The third kappa shape index (κ3) is 1.83. The van der Waals surface area contributed by atoms with Crippen LogP contribution in [0.1, 0.15) is 0 Å². The quantitative estimate of drug-likeness (QED) is 0.544. The topological polar surface area (TPSA) is 26.3 Å². The second-order valence-corrected chi connectivity index (χ2v) is 3.16. The monoisotopic (exact) mass is 174 g/mol. The summed E-state index contributed by atoms with van der Waals surface area (Å²) in [5, 5.41) is 0. The van der Waals surface area contributed by atoms with Crippen molar-refractivity contribution < 1.29 is 7.84 Å². The van der Waals surface area contributed by atoms with E-state index in [2.05, 4.69) is 16.5 Å². The number of thiol groups is 1. The second kappa shape index (κ2) is 3.75. The molecule has 0 bridgehead atoms. The largest absolute Gasteiger partial charge is 0.223 e. The van der Waals surface area contributed by atoms with Crippen LogP contribution in [0.3, 0.4) is 0 Å². The van der Waals surface area contributed by atoms with Gasteiger partial charge >= 0.3 is 0 Å². The van der Waals surface area contributed by atoms with Crippen LogP contribution >= 0.6 is 12.9 Å². The van der Waals surface area contributed by atoms with E-state index in [0.717, 1.165) is 0 Å². The van der Waals surface area contributed by atoms with Crippen molar-refractivity contribution in [3.05, 3.63) is 30.3 Å². The van der Waals surface area contributed by atoms with Gasteiger partial charge < -0.3 is 0 Å². The van der Waals surface area contributed by atoms with E-state index in [4.69, 9.17) is 0 Å². The molecule has 1 unspecified atom stereocenters. The molecule has 1 aromatic carbocycles. The van der Waals surface area contributed by atoms with E-state index in [1.54, 1.807) is 24.3 Å². The summed E-state index contributed by atoms with van der Waals surface area (Å²) in [5.41, 5.74) is 0. The Morgan fingerprint density at radius 1 is 1.30 bits per heavy atom. The smallest absolute Gasteiger partial charge is 0.200 e. The molecule has 0 heterocycles. The summed E-state index contributed by atoms with van der Waals surface area (Å²) in [4.78, 5) is 0.623. The standard InChI is InChI=1S/C6H6O2S2/c7-10(8-9)6-4-2-1-3-5-6/h1-5,9H. The molecular weight excluding hydrogens is 168 g/mol. The maximum absolute atomic E-state index is 10.8. The predicted octanol–water partition coefficient (Wildman–Crippen LogP) is 1.57. The summed E-state index contributed by atoms with van der Waals surface area (Å²) < 4.78 is 15.1. The Hall–Kier alpha value is -0.320. The Kier molecular flexibility index (Phi) is 2.92. The van der Waals surface area contributed by atoms with Crippen LogP contribution in [-0.4, -0.2) is 4.21 Å². The first-order chi connectivity index (χ1) is 4.84. The van der Waals surface area contributed by atoms with Crippen molar-refractivity contribution in [1.29, 1.82) is 0 Å². The molecule has 2 nitrogen and oxygen atoms in total. The molecule has 1 aromatic rings. The minimum atomic E-state index is -1.43. The van der Waals surface area contributed by atoms with Crippen molar-refractivity contribution in [2.75, 3.05) is 0 Å². The second-order valence-electron chi connectivity index (χ2n) is 1.62. The van der Waals surface area contributed by atoms with Crippen LogP contribution in [0.5, 0.6) is 0 Å². The van der Waals surface area contributed by atoms with Gasteiger partial charge in [-0.3, -0.25) is 0 Å². The molecule has 4 heteroatoms. The van der Waals surface area contributed by atoms with Crippen LogP contribution in [0.25, 0.3) is 0 Å². The maximum Gasteiger partial charge on any atom is 0.200 e. The van der Waals surface area contributed by atoms with Crippen molar-refractivity contribution in [3.63, 3.8) is 0 Å². The molecule has 0 aliphatic heterocycles. The number of rotatable bonds is 2. The predicted molar refractivity (Wildman–Crippen MR) is 42.9 cm³/mol. The van der Waals surface area contributed by atoms with Crippen LogP contribution in [0.4, 0.5) is 0 Å². The van der Waals surface area contributed by atoms with Gasteiger partial charge in [-0.1, -0.05) is 18.2 Å². The molecule has 0 fully saturated rings. The molecule has 0 radical (unpaired) electrons. The van der Waals surface area contributed by atoms with Crippen LogP contribution in [-0.2, 0) is 14.7 Å². The van der Waals surface area contributed by atoms with Crippen molar-refractivity contribution in [1.82, 2.24) is 0 Å². The zero-order chi connectivity index (χ0) is 7.40. The summed E-state index contributed by atoms with van der Waals surface area (Å²) in [6.07, 6.45) is 0. The molecule has 0 spiro atoms. The van der Waals surface area contributed by atoms with E-state index in [-0.39, 0.29) is 0 Å². The average Bonchev–Trinajstić information content (AvgIpc) is 2.05. The summed E-state index contributed by atoms with van der Waals surface area (Å²) in [5.74, 6) is 0. The Morgan fingerprint density at radius 3 is 2.40 bits per heavy atom. The molecule has 1 rings (SSSR count). The molecule has 1 atom stereocenters. The zero-order valence-electron chi connectivity index (χ0n) is 5.06. The minimum absolute atomic E-state index is 0.623. The lowest BCUT2D eigenvalue weighted by Crippen LogP contribution is -1.87.